The van der Waals surface area contributed by atoms with Gasteiger partial charge in [0.15, 0.2) is 5.69 Å². The van der Waals surface area contributed by atoms with Crippen molar-refractivity contribution in [3.8, 4) is 0 Å². The number of rotatable bonds is 6. The second-order valence-electron chi connectivity index (χ2n) is 4.53. The Kier molecular flexibility index (Phi) is 4.96. The predicted octanol–water partition coefficient (Wildman–Crippen LogP) is 1.74. The highest BCUT2D eigenvalue weighted by Crippen LogP contribution is 2.24. The number of carbonyl (C=O) groups excluding carboxylic acids is 1. The van der Waals surface area contributed by atoms with E-state index in [0.717, 1.165) is 11.3 Å². The largest absolute Gasteiger partial charge is 0.476 e. The van der Waals surface area contributed by atoms with E-state index in [9.17, 15) is 18.0 Å². The molecule has 0 spiro atoms. The zero-order valence-corrected chi connectivity index (χ0v) is 13.6. The summed E-state index contributed by atoms with van der Waals surface area (Å²) in [4.78, 5) is 25.7. The zero-order valence-electron chi connectivity index (χ0n) is 11.9. The van der Waals surface area contributed by atoms with Gasteiger partial charge in [-0.3, -0.25) is 9.52 Å². The second kappa shape index (κ2) is 6.75. The van der Waals surface area contributed by atoms with Crippen molar-refractivity contribution in [1.82, 2.24) is 4.98 Å². The van der Waals surface area contributed by atoms with E-state index in [1.54, 1.807) is 24.3 Å². The fraction of sp³-hybridized carbons (Fsp3) is 0.154. The predicted molar refractivity (Wildman–Crippen MR) is 86.1 cm³/mol. The number of anilines is 2. The molecule has 0 bridgehead atoms. The lowest BCUT2D eigenvalue weighted by atomic mass is 10.2. The maximum atomic E-state index is 12.2. The van der Waals surface area contributed by atoms with E-state index >= 15 is 0 Å². The normalized spacial score (nSPS) is 11.0. The van der Waals surface area contributed by atoms with Crippen LogP contribution < -0.4 is 10.0 Å². The monoisotopic (exact) mass is 355 g/mol. The van der Waals surface area contributed by atoms with Crippen LogP contribution in [0.5, 0.6) is 0 Å². The first kappa shape index (κ1) is 16.9. The summed E-state index contributed by atoms with van der Waals surface area (Å²) in [6.45, 7) is 1.32. The van der Waals surface area contributed by atoms with Gasteiger partial charge in [0.1, 0.15) is 5.00 Å². The summed E-state index contributed by atoms with van der Waals surface area (Å²) in [6.07, 6.45) is 0. The van der Waals surface area contributed by atoms with Gasteiger partial charge < -0.3 is 10.4 Å². The Hall–Kier alpha value is -2.46. The summed E-state index contributed by atoms with van der Waals surface area (Å²) >= 11 is 0.878. The maximum Gasteiger partial charge on any atom is 0.357 e. The van der Waals surface area contributed by atoms with Crippen LogP contribution in [0.3, 0.4) is 0 Å². The summed E-state index contributed by atoms with van der Waals surface area (Å²) < 4.78 is 26.7. The van der Waals surface area contributed by atoms with Gasteiger partial charge in [0, 0.05) is 12.6 Å². The van der Waals surface area contributed by atoms with Crippen LogP contribution in [0.4, 0.5) is 10.7 Å². The highest BCUT2D eigenvalue weighted by molar-refractivity contribution is 7.92. The summed E-state index contributed by atoms with van der Waals surface area (Å²) in [5, 5.41) is 11.4. The number of sulfonamides is 1. The molecule has 1 amide bonds. The Labute approximate surface area is 136 Å². The SMILES string of the molecule is CC(=O)Nc1ccccc1CS(=O)(=O)Nc1scnc1C(=O)O. The van der Waals surface area contributed by atoms with Gasteiger partial charge in [-0.05, 0) is 11.6 Å². The molecule has 10 heteroatoms. The van der Waals surface area contributed by atoms with Crippen LogP contribution in [0.1, 0.15) is 23.0 Å². The lowest BCUT2D eigenvalue weighted by molar-refractivity contribution is -0.114. The number of carbonyl (C=O) groups is 2. The number of aromatic carboxylic acids is 1. The molecule has 2 rings (SSSR count). The first-order chi connectivity index (χ1) is 10.8. The molecule has 1 heterocycles. The van der Waals surface area contributed by atoms with Crippen LogP contribution >= 0.6 is 11.3 Å². The summed E-state index contributed by atoms with van der Waals surface area (Å²) in [5.74, 6) is -2.05. The molecule has 0 fully saturated rings. The van der Waals surface area contributed by atoms with Crippen molar-refractivity contribution in [3.05, 3.63) is 41.0 Å². The highest BCUT2D eigenvalue weighted by atomic mass is 32.2. The Morgan fingerprint density at radius 1 is 1.30 bits per heavy atom. The van der Waals surface area contributed by atoms with E-state index < -0.39 is 21.7 Å². The molecule has 0 aliphatic rings. The minimum atomic E-state index is -3.87. The Morgan fingerprint density at radius 2 is 2.00 bits per heavy atom. The number of amides is 1. The van der Waals surface area contributed by atoms with Gasteiger partial charge in [-0.25, -0.2) is 18.2 Å². The number of carboxylic acid groups (broad SMARTS) is 1. The fourth-order valence-corrected chi connectivity index (χ4v) is 4.01. The standard InChI is InChI=1S/C13H13N3O5S2/c1-8(17)15-10-5-3-2-4-9(10)6-23(20,21)16-12-11(13(18)19)14-7-22-12/h2-5,7,16H,6H2,1H3,(H,15,17)(H,18,19). The molecule has 1 aromatic carbocycles. The van der Waals surface area contributed by atoms with Gasteiger partial charge in [-0.1, -0.05) is 18.2 Å². The van der Waals surface area contributed by atoms with Crippen molar-refractivity contribution in [2.45, 2.75) is 12.7 Å². The lowest BCUT2D eigenvalue weighted by Crippen LogP contribution is -2.18. The quantitative estimate of drug-likeness (QED) is 0.725. The Balaban J connectivity index is 2.24. The van der Waals surface area contributed by atoms with Gasteiger partial charge in [-0.15, -0.1) is 11.3 Å². The topological polar surface area (TPSA) is 125 Å². The first-order valence-electron chi connectivity index (χ1n) is 6.31. The van der Waals surface area contributed by atoms with Gasteiger partial charge >= 0.3 is 5.97 Å². The van der Waals surface area contributed by atoms with Gasteiger partial charge in [-0.2, -0.15) is 0 Å². The van der Waals surface area contributed by atoms with Crippen LogP contribution in [0.15, 0.2) is 29.8 Å². The second-order valence-corrected chi connectivity index (χ2v) is 7.11. The fourth-order valence-electron chi connectivity index (χ4n) is 1.81. The smallest absolute Gasteiger partial charge is 0.357 e. The molecule has 0 atom stereocenters. The molecule has 3 N–H and O–H groups in total. The lowest BCUT2D eigenvalue weighted by Gasteiger charge is -2.11. The molecule has 0 unspecified atom stereocenters. The molecule has 0 aliphatic heterocycles. The maximum absolute atomic E-state index is 12.2. The number of hydrogen-bond donors (Lipinski definition) is 3. The zero-order chi connectivity index (χ0) is 17.0. The third-order valence-electron chi connectivity index (χ3n) is 2.69. The molecule has 122 valence electrons. The van der Waals surface area contributed by atoms with E-state index in [4.69, 9.17) is 5.11 Å². The number of nitrogens with one attached hydrogen (secondary N) is 2. The number of thiazole rings is 1. The summed E-state index contributed by atoms with van der Waals surface area (Å²) in [7, 11) is -3.87. The van der Waals surface area contributed by atoms with Crippen LogP contribution in [-0.2, 0) is 20.6 Å². The van der Waals surface area contributed by atoms with E-state index in [1.165, 1.54) is 12.4 Å². The number of aromatic nitrogens is 1. The van der Waals surface area contributed by atoms with E-state index in [0.29, 0.717) is 11.3 Å². The number of nitrogens with zero attached hydrogens (tertiary/aromatic N) is 1. The third-order valence-corrected chi connectivity index (χ3v) is 4.77. The van der Waals surface area contributed by atoms with Crippen LogP contribution in [0.2, 0.25) is 0 Å². The average Bonchev–Trinajstić information content (AvgIpc) is 2.87. The van der Waals surface area contributed by atoms with Gasteiger partial charge in [0.05, 0.1) is 11.3 Å². The molecule has 0 radical (unpaired) electrons. The molecule has 23 heavy (non-hydrogen) atoms. The van der Waals surface area contributed by atoms with E-state index in [-0.39, 0.29) is 16.6 Å². The van der Waals surface area contributed by atoms with Crippen LogP contribution in [-0.4, -0.2) is 30.4 Å². The molecular weight excluding hydrogens is 342 g/mol. The molecule has 2 aromatic rings. The molecule has 0 saturated carbocycles. The van der Waals surface area contributed by atoms with Crippen LogP contribution in [0.25, 0.3) is 0 Å². The van der Waals surface area contributed by atoms with E-state index in [1.807, 2.05) is 0 Å². The van der Waals surface area contributed by atoms with Gasteiger partial charge in [0.25, 0.3) is 0 Å². The molecule has 1 aromatic heterocycles. The first-order valence-corrected chi connectivity index (χ1v) is 8.84. The van der Waals surface area contributed by atoms with Crippen molar-refractivity contribution in [1.29, 1.82) is 0 Å². The minimum Gasteiger partial charge on any atom is -0.476 e. The van der Waals surface area contributed by atoms with Crippen molar-refractivity contribution in [2.75, 3.05) is 10.0 Å². The number of para-hydroxylation sites is 1. The molecule has 0 aliphatic carbocycles. The highest BCUT2D eigenvalue weighted by Gasteiger charge is 2.20. The molecular formula is C13H13N3O5S2. The third kappa shape index (κ3) is 4.50. The van der Waals surface area contributed by atoms with Crippen LogP contribution in [0, 0.1) is 0 Å². The Bertz CT molecular complexity index is 845. The Morgan fingerprint density at radius 3 is 2.65 bits per heavy atom. The summed E-state index contributed by atoms with van der Waals surface area (Å²) in [6, 6.07) is 6.46. The minimum absolute atomic E-state index is 0.0606. The van der Waals surface area contributed by atoms with Crippen molar-refractivity contribution in [2.24, 2.45) is 0 Å². The van der Waals surface area contributed by atoms with Crippen molar-refractivity contribution < 1.29 is 23.1 Å². The number of benzene rings is 1. The number of carboxylic acids is 1. The number of hydrogen-bond acceptors (Lipinski definition) is 6. The molecule has 8 nitrogen and oxygen atoms in total. The molecule has 0 saturated heterocycles. The van der Waals surface area contributed by atoms with Crippen molar-refractivity contribution in [3.63, 3.8) is 0 Å². The van der Waals surface area contributed by atoms with E-state index in [2.05, 4.69) is 15.0 Å². The summed E-state index contributed by atoms with van der Waals surface area (Å²) in [5.41, 5.74) is 1.66. The van der Waals surface area contributed by atoms with Gasteiger partial charge in [0.2, 0.25) is 15.9 Å². The van der Waals surface area contributed by atoms with Crippen molar-refractivity contribution >= 4 is 43.9 Å². The average molecular weight is 355 g/mol.